The fraction of sp³-hybridized carbons (Fsp3) is 0.176. The number of carbonyl (C=O) groups excluding carboxylic acids is 2. The van der Waals surface area contributed by atoms with Crippen molar-refractivity contribution in [2.24, 2.45) is 0 Å². The second kappa shape index (κ2) is 8.73. The molecule has 160 valence electrons. The number of hydrazine groups is 1. The number of anilines is 1. The molecule has 0 bridgehead atoms. The van der Waals surface area contributed by atoms with Crippen molar-refractivity contribution >= 4 is 23.3 Å². The van der Waals surface area contributed by atoms with E-state index in [1.54, 1.807) is 5.43 Å². The quantitative estimate of drug-likeness (QED) is 0.203. The maximum absolute atomic E-state index is 13.9. The summed E-state index contributed by atoms with van der Waals surface area (Å²) < 4.78 is 59.6. The Morgan fingerprint density at radius 3 is 2.17 bits per heavy atom. The minimum absolute atomic E-state index is 0.113. The summed E-state index contributed by atoms with van der Waals surface area (Å²) in [5, 5.41) is 12.1. The van der Waals surface area contributed by atoms with Gasteiger partial charge in [0.1, 0.15) is 5.82 Å². The Balaban J connectivity index is 2.38. The number of rotatable bonds is 7. The number of hydrogen-bond donors (Lipinski definition) is 3. The number of benzene rings is 2. The lowest BCUT2D eigenvalue weighted by Crippen LogP contribution is -2.73. The maximum atomic E-state index is 13.9. The summed E-state index contributed by atoms with van der Waals surface area (Å²) in [5.41, 5.74) is -1.32. The highest BCUT2D eigenvalue weighted by Crippen LogP contribution is 2.30. The SMILES string of the molecule is COC(=O)[C@](NNc1ccc([N+](=O)[O-])cc1)(NC(=O)c1ccccc1F)C(F)(F)F. The Hall–Kier alpha value is -3.74. The number of methoxy groups -OCH3 is 1. The Kier molecular flexibility index (Phi) is 6.56. The van der Waals surface area contributed by atoms with Gasteiger partial charge in [0.15, 0.2) is 0 Å². The number of nitrogens with one attached hydrogen (secondary N) is 3. The molecule has 2 aromatic carbocycles. The third-order valence-electron chi connectivity index (χ3n) is 3.81. The summed E-state index contributed by atoms with van der Waals surface area (Å²) >= 11 is 0. The lowest BCUT2D eigenvalue weighted by atomic mass is 10.1. The van der Waals surface area contributed by atoms with Gasteiger partial charge >= 0.3 is 17.8 Å². The summed E-state index contributed by atoms with van der Waals surface area (Å²) in [6.07, 6.45) is -5.45. The first kappa shape index (κ1) is 22.5. The smallest absolute Gasteiger partial charge is 0.438 e. The number of carbonyl (C=O) groups is 2. The Morgan fingerprint density at radius 2 is 1.67 bits per heavy atom. The van der Waals surface area contributed by atoms with Gasteiger partial charge in [-0.2, -0.15) is 18.6 Å². The van der Waals surface area contributed by atoms with Crippen molar-refractivity contribution < 1.29 is 36.8 Å². The van der Waals surface area contributed by atoms with E-state index in [9.17, 15) is 37.3 Å². The number of amides is 1. The van der Waals surface area contributed by atoms with Crippen LogP contribution in [0.15, 0.2) is 48.5 Å². The molecule has 2 rings (SSSR count). The molecule has 9 nitrogen and oxygen atoms in total. The third kappa shape index (κ3) is 4.63. The molecule has 2 aromatic rings. The zero-order valence-corrected chi connectivity index (χ0v) is 15.1. The molecule has 0 aliphatic carbocycles. The van der Waals surface area contributed by atoms with Gasteiger partial charge in [0, 0.05) is 17.8 Å². The average Bonchev–Trinajstić information content (AvgIpc) is 2.70. The number of ether oxygens (including phenoxy) is 1. The lowest BCUT2D eigenvalue weighted by molar-refractivity contribution is -0.384. The van der Waals surface area contributed by atoms with E-state index in [2.05, 4.69) is 4.74 Å². The van der Waals surface area contributed by atoms with Crippen LogP contribution >= 0.6 is 0 Å². The molecule has 0 aliphatic heterocycles. The first-order valence-electron chi connectivity index (χ1n) is 8.01. The molecule has 1 atom stereocenters. The molecule has 30 heavy (non-hydrogen) atoms. The van der Waals surface area contributed by atoms with E-state index in [1.165, 1.54) is 17.4 Å². The van der Waals surface area contributed by atoms with Gasteiger partial charge in [0.25, 0.3) is 11.6 Å². The molecule has 0 heterocycles. The van der Waals surface area contributed by atoms with E-state index >= 15 is 0 Å². The Bertz CT molecular complexity index is 952. The molecule has 0 saturated carbocycles. The Morgan fingerprint density at radius 1 is 1.07 bits per heavy atom. The van der Waals surface area contributed by atoms with Crippen molar-refractivity contribution in [2.75, 3.05) is 12.5 Å². The highest BCUT2D eigenvalue weighted by Gasteiger charge is 2.63. The van der Waals surface area contributed by atoms with Gasteiger partial charge < -0.3 is 15.5 Å². The van der Waals surface area contributed by atoms with Crippen molar-refractivity contribution in [3.8, 4) is 0 Å². The first-order valence-corrected chi connectivity index (χ1v) is 8.01. The Labute approximate surface area is 166 Å². The number of alkyl halides is 3. The molecular formula is C17H14F4N4O5. The van der Waals surface area contributed by atoms with Gasteiger partial charge in [-0.1, -0.05) is 12.1 Å². The standard InChI is InChI=1S/C17H14F4N4O5/c1-30-15(27)16(17(19,20)21,22-14(26)12-4-2-3-5-13(12)18)24-23-10-6-8-11(9-7-10)25(28)29/h2-9,23-24H,1H3,(H,22,26)/t16-/m1/s1. The molecule has 13 heteroatoms. The van der Waals surface area contributed by atoms with E-state index in [4.69, 9.17) is 0 Å². The van der Waals surface area contributed by atoms with Gasteiger partial charge in [0.2, 0.25) is 0 Å². The number of esters is 1. The number of nitrogens with zero attached hydrogens (tertiary/aromatic N) is 1. The van der Waals surface area contributed by atoms with Crippen LogP contribution in [0.25, 0.3) is 0 Å². The topological polar surface area (TPSA) is 123 Å². The lowest BCUT2D eigenvalue weighted by Gasteiger charge is -2.34. The second-order valence-corrected chi connectivity index (χ2v) is 5.73. The van der Waals surface area contributed by atoms with Crippen LogP contribution in [0.2, 0.25) is 0 Å². The predicted octanol–water partition coefficient (Wildman–Crippen LogP) is 2.51. The second-order valence-electron chi connectivity index (χ2n) is 5.73. The van der Waals surface area contributed by atoms with Gasteiger partial charge in [-0.3, -0.25) is 14.9 Å². The average molecular weight is 430 g/mol. The summed E-state index contributed by atoms with van der Waals surface area (Å²) in [6, 6.07) is 8.32. The highest BCUT2D eigenvalue weighted by molar-refractivity contribution is 5.98. The van der Waals surface area contributed by atoms with Crippen LogP contribution in [0.1, 0.15) is 10.4 Å². The molecule has 0 unspecified atom stereocenters. The molecule has 1 amide bonds. The van der Waals surface area contributed by atoms with Gasteiger partial charge in [0.05, 0.1) is 17.6 Å². The van der Waals surface area contributed by atoms with Crippen molar-refractivity contribution in [3.05, 3.63) is 70.0 Å². The maximum Gasteiger partial charge on any atom is 0.438 e. The van der Waals surface area contributed by atoms with Gasteiger partial charge in [-0.25, -0.2) is 9.18 Å². The fourth-order valence-corrected chi connectivity index (χ4v) is 2.26. The fourth-order valence-electron chi connectivity index (χ4n) is 2.26. The zero-order valence-electron chi connectivity index (χ0n) is 15.1. The van der Waals surface area contributed by atoms with E-state index in [0.29, 0.717) is 7.11 Å². The summed E-state index contributed by atoms with van der Waals surface area (Å²) in [6.45, 7) is 0. The summed E-state index contributed by atoms with van der Waals surface area (Å²) in [5.74, 6) is -4.61. The number of non-ortho nitro benzene ring substituents is 1. The van der Waals surface area contributed by atoms with Crippen LogP contribution in [0.5, 0.6) is 0 Å². The number of nitro benzene ring substituents is 1. The van der Waals surface area contributed by atoms with Crippen molar-refractivity contribution in [2.45, 2.75) is 11.8 Å². The molecule has 0 spiro atoms. The molecule has 0 fully saturated rings. The highest BCUT2D eigenvalue weighted by atomic mass is 19.4. The van der Waals surface area contributed by atoms with Crippen LogP contribution in [0, 0.1) is 15.9 Å². The van der Waals surface area contributed by atoms with Crippen LogP contribution in [-0.4, -0.2) is 35.7 Å². The van der Waals surface area contributed by atoms with Gasteiger partial charge in [-0.15, -0.1) is 0 Å². The van der Waals surface area contributed by atoms with Gasteiger partial charge in [-0.05, 0) is 24.3 Å². The predicted molar refractivity (Wildman–Crippen MR) is 94.5 cm³/mol. The third-order valence-corrected chi connectivity index (χ3v) is 3.81. The number of halogens is 4. The largest absolute Gasteiger partial charge is 0.466 e. The molecule has 0 saturated heterocycles. The van der Waals surface area contributed by atoms with Crippen molar-refractivity contribution in [1.29, 1.82) is 0 Å². The molecule has 0 aliphatic rings. The van der Waals surface area contributed by atoms with E-state index in [1.807, 2.05) is 5.43 Å². The van der Waals surface area contributed by atoms with Crippen LogP contribution in [0.3, 0.4) is 0 Å². The number of nitro groups is 1. The minimum Gasteiger partial charge on any atom is -0.466 e. The van der Waals surface area contributed by atoms with E-state index < -0.39 is 40.0 Å². The van der Waals surface area contributed by atoms with Crippen molar-refractivity contribution in [1.82, 2.24) is 10.7 Å². The van der Waals surface area contributed by atoms with Crippen LogP contribution in [-0.2, 0) is 9.53 Å². The summed E-state index contributed by atoms with van der Waals surface area (Å²) in [7, 11) is 0.658. The van der Waals surface area contributed by atoms with Crippen molar-refractivity contribution in [3.63, 3.8) is 0 Å². The van der Waals surface area contributed by atoms with E-state index in [-0.39, 0.29) is 11.4 Å². The molecule has 0 aromatic heterocycles. The zero-order chi connectivity index (χ0) is 22.5. The first-order chi connectivity index (χ1) is 14.0. The molecular weight excluding hydrogens is 416 g/mol. The normalized spacial score (nSPS) is 13.1. The monoisotopic (exact) mass is 430 g/mol. The minimum atomic E-state index is -5.45. The molecule has 0 radical (unpaired) electrons. The summed E-state index contributed by atoms with van der Waals surface area (Å²) in [4.78, 5) is 34.3. The van der Waals surface area contributed by atoms with Crippen LogP contribution < -0.4 is 16.2 Å². The van der Waals surface area contributed by atoms with E-state index in [0.717, 1.165) is 36.4 Å². The molecule has 3 N–H and O–H groups in total. The number of hydrogen-bond acceptors (Lipinski definition) is 7. The van der Waals surface area contributed by atoms with Crippen LogP contribution in [0.4, 0.5) is 28.9 Å².